The number of hydrogen-bond donors (Lipinski definition) is 0. The van der Waals surface area contributed by atoms with Gasteiger partial charge in [-0.15, -0.1) is 0 Å². The van der Waals surface area contributed by atoms with Crippen molar-refractivity contribution in [3.63, 3.8) is 0 Å². The van der Waals surface area contributed by atoms with Crippen molar-refractivity contribution in [1.82, 2.24) is 0 Å². The predicted octanol–water partition coefficient (Wildman–Crippen LogP) is 12.3. The highest BCUT2D eigenvalue weighted by Gasteiger charge is 2.18. The zero-order valence-corrected chi connectivity index (χ0v) is 29.9. The van der Waals surface area contributed by atoms with Gasteiger partial charge in [-0.1, -0.05) is 160 Å². The molecule has 0 aliphatic carbocycles. The van der Waals surface area contributed by atoms with Gasteiger partial charge >= 0.3 is 11.9 Å². The minimum Gasteiger partial charge on any atom is -0.495 e. The number of allylic oxidation sites excluding steroid dienone is 5. The molecule has 5 nitrogen and oxygen atoms in total. The molecule has 0 saturated heterocycles. The molecule has 0 aromatic rings. The third-order valence-electron chi connectivity index (χ3n) is 8.09. The first-order valence-corrected chi connectivity index (χ1v) is 18.9. The molecule has 0 aromatic carbocycles. The van der Waals surface area contributed by atoms with Crippen LogP contribution in [0.1, 0.15) is 188 Å². The Morgan fingerprint density at radius 2 is 0.911 bits per heavy atom. The van der Waals surface area contributed by atoms with Crippen LogP contribution in [0.25, 0.3) is 0 Å². The summed E-state index contributed by atoms with van der Waals surface area (Å²) in [6.45, 7) is 10.2. The minimum atomic E-state index is -0.607. The fourth-order valence-corrected chi connectivity index (χ4v) is 5.24. The lowest BCUT2D eigenvalue weighted by molar-refractivity contribution is -0.162. The molecule has 0 spiro atoms. The van der Waals surface area contributed by atoms with Gasteiger partial charge in [0, 0.05) is 12.8 Å². The molecule has 262 valence electrons. The Bertz CT molecular complexity index is 741. The molecule has 0 amide bonds. The van der Waals surface area contributed by atoms with Gasteiger partial charge in [-0.05, 0) is 45.4 Å². The van der Waals surface area contributed by atoms with Crippen molar-refractivity contribution in [2.24, 2.45) is 0 Å². The van der Waals surface area contributed by atoms with Gasteiger partial charge in [-0.3, -0.25) is 9.59 Å². The van der Waals surface area contributed by atoms with Gasteiger partial charge in [0.25, 0.3) is 0 Å². The van der Waals surface area contributed by atoms with E-state index in [1.165, 1.54) is 116 Å². The van der Waals surface area contributed by atoms with E-state index in [9.17, 15) is 9.59 Å². The van der Waals surface area contributed by atoms with Crippen LogP contribution in [0.4, 0.5) is 0 Å². The van der Waals surface area contributed by atoms with Crippen LogP contribution in [-0.4, -0.2) is 31.3 Å². The van der Waals surface area contributed by atoms with E-state index in [0.29, 0.717) is 18.6 Å². The SMILES string of the molecule is C=C(C)OC[C@@H](COC(=O)CCCCCCCCCCCCCCC)OC(=O)CCCCCCCC/C=C/C=C\CCCCC. The van der Waals surface area contributed by atoms with Crippen molar-refractivity contribution in [2.45, 2.75) is 194 Å². The van der Waals surface area contributed by atoms with Crippen molar-refractivity contribution < 1.29 is 23.8 Å². The number of ether oxygens (including phenoxy) is 3. The molecule has 0 saturated carbocycles. The Hall–Kier alpha value is -2.04. The highest BCUT2D eigenvalue weighted by molar-refractivity contribution is 5.70. The molecule has 0 N–H and O–H groups in total. The standard InChI is InChI=1S/C40H72O5/c1-5-7-9-11-13-15-17-19-20-22-24-26-28-30-32-34-40(42)45-38(35-43-37(3)4)36-44-39(41)33-31-29-27-25-23-21-18-16-14-12-10-8-6-2/h13,15,17,19,38H,3,5-12,14,16,18,20-36H2,1-2,4H3/b15-13-,19-17+/t38-/m0/s1. The van der Waals surface area contributed by atoms with Crippen molar-refractivity contribution in [3.05, 3.63) is 36.6 Å². The molecule has 0 aliphatic heterocycles. The summed E-state index contributed by atoms with van der Waals surface area (Å²) in [7, 11) is 0. The van der Waals surface area contributed by atoms with Crippen LogP contribution < -0.4 is 0 Å². The van der Waals surface area contributed by atoms with E-state index in [-0.39, 0.29) is 25.2 Å². The topological polar surface area (TPSA) is 61.8 Å². The maximum absolute atomic E-state index is 12.4. The normalized spacial score (nSPS) is 12.2. The molecule has 0 bridgehead atoms. The Kier molecular flexibility index (Phi) is 33.2. The fourth-order valence-electron chi connectivity index (χ4n) is 5.24. The summed E-state index contributed by atoms with van der Waals surface area (Å²) in [4.78, 5) is 24.7. The van der Waals surface area contributed by atoms with Crippen molar-refractivity contribution >= 4 is 11.9 Å². The molecule has 1 atom stereocenters. The average molecular weight is 633 g/mol. The first-order valence-electron chi connectivity index (χ1n) is 18.9. The fraction of sp³-hybridized carbons (Fsp3) is 0.800. The lowest BCUT2D eigenvalue weighted by Gasteiger charge is -2.18. The third kappa shape index (κ3) is 34.7. The molecule has 0 aromatic heterocycles. The zero-order valence-electron chi connectivity index (χ0n) is 29.9. The van der Waals surface area contributed by atoms with Gasteiger partial charge in [0.1, 0.15) is 13.2 Å². The zero-order chi connectivity index (χ0) is 33.1. The Morgan fingerprint density at radius 1 is 0.533 bits per heavy atom. The Morgan fingerprint density at radius 3 is 1.40 bits per heavy atom. The maximum Gasteiger partial charge on any atom is 0.306 e. The van der Waals surface area contributed by atoms with Crippen molar-refractivity contribution in [3.8, 4) is 0 Å². The highest BCUT2D eigenvalue weighted by atomic mass is 16.6. The Balaban J connectivity index is 3.88. The first kappa shape index (κ1) is 43.0. The largest absolute Gasteiger partial charge is 0.495 e. The summed E-state index contributed by atoms with van der Waals surface area (Å²) >= 11 is 0. The lowest BCUT2D eigenvalue weighted by Crippen LogP contribution is -2.29. The van der Waals surface area contributed by atoms with Gasteiger partial charge < -0.3 is 14.2 Å². The summed E-state index contributed by atoms with van der Waals surface area (Å²) in [6.07, 6.45) is 38.4. The molecule has 0 unspecified atom stereocenters. The van der Waals surface area contributed by atoms with E-state index < -0.39 is 6.10 Å². The number of rotatable bonds is 34. The molecule has 0 heterocycles. The number of hydrogen-bond acceptors (Lipinski definition) is 5. The van der Waals surface area contributed by atoms with Gasteiger partial charge in [0.05, 0.1) is 5.76 Å². The summed E-state index contributed by atoms with van der Waals surface area (Å²) in [5, 5.41) is 0. The van der Waals surface area contributed by atoms with Gasteiger partial charge in [0.2, 0.25) is 0 Å². The van der Waals surface area contributed by atoms with Crippen LogP contribution in [0.5, 0.6) is 0 Å². The van der Waals surface area contributed by atoms with Crippen LogP contribution >= 0.6 is 0 Å². The molecule has 0 radical (unpaired) electrons. The van der Waals surface area contributed by atoms with Crippen molar-refractivity contribution in [1.29, 1.82) is 0 Å². The van der Waals surface area contributed by atoms with Crippen LogP contribution in [0, 0.1) is 0 Å². The lowest BCUT2D eigenvalue weighted by atomic mass is 10.0. The van der Waals surface area contributed by atoms with Crippen LogP contribution in [0.2, 0.25) is 0 Å². The number of carbonyl (C=O) groups excluding carboxylic acids is 2. The van der Waals surface area contributed by atoms with Crippen LogP contribution in [0.3, 0.4) is 0 Å². The van der Waals surface area contributed by atoms with E-state index in [0.717, 1.165) is 38.5 Å². The number of unbranched alkanes of at least 4 members (excludes halogenated alkanes) is 21. The van der Waals surface area contributed by atoms with E-state index in [4.69, 9.17) is 14.2 Å². The number of carbonyl (C=O) groups is 2. The highest BCUT2D eigenvalue weighted by Crippen LogP contribution is 2.14. The first-order chi connectivity index (χ1) is 22.0. The third-order valence-corrected chi connectivity index (χ3v) is 8.09. The Labute approximate surface area is 279 Å². The molecule has 0 fully saturated rings. The predicted molar refractivity (Wildman–Crippen MR) is 191 cm³/mol. The molecular formula is C40H72O5. The van der Waals surface area contributed by atoms with Crippen molar-refractivity contribution in [2.75, 3.05) is 13.2 Å². The quantitative estimate of drug-likeness (QED) is 0.0306. The monoisotopic (exact) mass is 633 g/mol. The second kappa shape index (κ2) is 34.8. The maximum atomic E-state index is 12.4. The molecular weight excluding hydrogens is 560 g/mol. The summed E-state index contributed by atoms with van der Waals surface area (Å²) < 4.78 is 16.5. The van der Waals surface area contributed by atoms with Gasteiger partial charge in [-0.2, -0.15) is 0 Å². The molecule has 45 heavy (non-hydrogen) atoms. The molecule has 5 heteroatoms. The van der Waals surface area contributed by atoms with Crippen LogP contribution in [-0.2, 0) is 23.8 Å². The molecule has 0 rings (SSSR count). The van der Waals surface area contributed by atoms with Gasteiger partial charge in [-0.25, -0.2) is 0 Å². The summed E-state index contributed by atoms with van der Waals surface area (Å²) in [5.41, 5.74) is 0. The minimum absolute atomic E-state index is 0.0272. The number of esters is 2. The molecule has 0 aliphatic rings. The van der Waals surface area contributed by atoms with Gasteiger partial charge in [0.15, 0.2) is 6.10 Å². The van der Waals surface area contributed by atoms with E-state index in [1.54, 1.807) is 6.92 Å². The summed E-state index contributed by atoms with van der Waals surface area (Å²) in [6, 6.07) is 0. The van der Waals surface area contributed by atoms with E-state index in [1.807, 2.05) is 0 Å². The van der Waals surface area contributed by atoms with E-state index in [2.05, 4.69) is 44.7 Å². The van der Waals surface area contributed by atoms with E-state index >= 15 is 0 Å². The van der Waals surface area contributed by atoms with Crippen LogP contribution in [0.15, 0.2) is 36.6 Å². The second-order valence-electron chi connectivity index (χ2n) is 12.8. The smallest absolute Gasteiger partial charge is 0.306 e. The average Bonchev–Trinajstić information content (AvgIpc) is 3.02. The second-order valence-corrected chi connectivity index (χ2v) is 12.8. The summed E-state index contributed by atoms with van der Waals surface area (Å²) in [5.74, 6) is 0.0540.